The van der Waals surface area contributed by atoms with Gasteiger partial charge in [0.1, 0.15) is 5.54 Å². The molecule has 1 aromatic carbocycles. The number of nitrogens with one attached hydrogen (secondary N) is 1. The number of hydrogen-bond donors (Lipinski definition) is 2. The Morgan fingerprint density at radius 2 is 2.00 bits per heavy atom. The first-order chi connectivity index (χ1) is 11.1. The van der Waals surface area contributed by atoms with E-state index in [1.165, 1.54) is 11.8 Å². The summed E-state index contributed by atoms with van der Waals surface area (Å²) in [5.41, 5.74) is 0.163. The summed E-state index contributed by atoms with van der Waals surface area (Å²) >= 11 is 1.41. The second-order valence-electron chi connectivity index (χ2n) is 6.15. The Morgan fingerprint density at radius 3 is 2.61 bits per heavy atom. The van der Waals surface area contributed by atoms with Crippen LogP contribution in [0.1, 0.15) is 50.7 Å². The fraction of sp³-hybridized carbons (Fsp3) is 0.556. The zero-order valence-corrected chi connectivity index (χ0v) is 14.3. The van der Waals surface area contributed by atoms with Gasteiger partial charge in [0.15, 0.2) is 0 Å². The molecule has 0 spiro atoms. The minimum absolute atomic E-state index is 0.112. The molecule has 0 heterocycles. The molecule has 5 heteroatoms. The van der Waals surface area contributed by atoms with Crippen LogP contribution in [-0.4, -0.2) is 27.6 Å². The van der Waals surface area contributed by atoms with E-state index in [1.54, 1.807) is 0 Å². The summed E-state index contributed by atoms with van der Waals surface area (Å²) in [6, 6.07) is 11.7. The lowest BCUT2D eigenvalue weighted by Crippen LogP contribution is -2.51. The molecule has 0 radical (unpaired) electrons. The van der Waals surface area contributed by atoms with Crippen LogP contribution in [0, 0.1) is 11.3 Å². The first-order valence-corrected chi connectivity index (χ1v) is 9.19. The van der Waals surface area contributed by atoms with E-state index >= 15 is 0 Å². The Bertz CT molecular complexity index is 550. The molecule has 0 aromatic heterocycles. The molecule has 124 valence electrons. The van der Waals surface area contributed by atoms with Gasteiger partial charge in [0.05, 0.1) is 17.4 Å². The minimum Gasteiger partial charge on any atom is -0.388 e. The van der Waals surface area contributed by atoms with Crippen LogP contribution in [0.3, 0.4) is 0 Å². The van der Waals surface area contributed by atoms with Crippen LogP contribution in [0.25, 0.3) is 0 Å². The molecule has 1 aliphatic carbocycles. The Balaban J connectivity index is 1.84. The molecule has 0 saturated heterocycles. The van der Waals surface area contributed by atoms with Crippen LogP contribution in [0.4, 0.5) is 0 Å². The smallest absolute Gasteiger partial charge is 0.234 e. The van der Waals surface area contributed by atoms with Crippen molar-refractivity contribution in [1.82, 2.24) is 5.32 Å². The molecule has 0 bridgehead atoms. The van der Waals surface area contributed by atoms with Crippen molar-refractivity contribution in [2.75, 3.05) is 5.75 Å². The highest BCUT2D eigenvalue weighted by Crippen LogP contribution is 2.28. The van der Waals surface area contributed by atoms with Gasteiger partial charge < -0.3 is 10.4 Å². The molecule has 1 aromatic rings. The van der Waals surface area contributed by atoms with Gasteiger partial charge in [-0.25, -0.2) is 0 Å². The van der Waals surface area contributed by atoms with Crippen molar-refractivity contribution in [3.05, 3.63) is 35.9 Å². The predicted octanol–water partition coefficient (Wildman–Crippen LogP) is 3.18. The quantitative estimate of drug-likeness (QED) is 0.839. The molecule has 0 aliphatic heterocycles. The second-order valence-corrected chi connectivity index (χ2v) is 7.52. The summed E-state index contributed by atoms with van der Waals surface area (Å²) in [4.78, 5) is 12.4. The minimum atomic E-state index is -0.692. The summed E-state index contributed by atoms with van der Waals surface area (Å²) in [7, 11) is 0. The van der Waals surface area contributed by atoms with Gasteiger partial charge in [0, 0.05) is 5.75 Å². The lowest BCUT2D eigenvalue weighted by Gasteiger charge is -2.32. The van der Waals surface area contributed by atoms with Crippen molar-refractivity contribution < 1.29 is 9.90 Å². The summed E-state index contributed by atoms with van der Waals surface area (Å²) in [6.45, 7) is 1.83. The van der Waals surface area contributed by atoms with Crippen molar-refractivity contribution in [3.8, 4) is 6.07 Å². The van der Waals surface area contributed by atoms with Gasteiger partial charge in [-0.1, -0.05) is 49.6 Å². The number of aliphatic hydroxyl groups excluding tert-OH is 1. The number of rotatable bonds is 6. The van der Waals surface area contributed by atoms with Crippen LogP contribution < -0.4 is 5.32 Å². The van der Waals surface area contributed by atoms with Crippen LogP contribution in [-0.2, 0) is 4.79 Å². The van der Waals surface area contributed by atoms with Gasteiger partial charge in [-0.05, 0) is 25.3 Å². The largest absolute Gasteiger partial charge is 0.388 e. The van der Waals surface area contributed by atoms with Crippen LogP contribution in [0.2, 0.25) is 0 Å². The van der Waals surface area contributed by atoms with Crippen molar-refractivity contribution in [2.24, 2.45) is 0 Å². The third kappa shape index (κ3) is 4.98. The van der Waals surface area contributed by atoms with E-state index < -0.39 is 11.6 Å². The first-order valence-electron chi connectivity index (χ1n) is 8.14. The Hall–Kier alpha value is -1.51. The van der Waals surface area contributed by atoms with E-state index in [0.717, 1.165) is 37.7 Å². The molecule has 1 fully saturated rings. The number of nitriles is 1. The van der Waals surface area contributed by atoms with Crippen LogP contribution in [0.5, 0.6) is 0 Å². The molecule has 1 aliphatic rings. The van der Waals surface area contributed by atoms with E-state index in [4.69, 9.17) is 0 Å². The standard InChI is InChI=1S/C18H24N2O2S/c1-14(23-12-16(21)15-8-4-2-5-9-15)17(22)20-18(13-19)10-6-3-7-11-18/h2,4-5,8-9,14,16,21H,3,6-7,10-12H2,1H3,(H,20,22)/t14-,16-/m0/s1. The molecule has 2 atom stereocenters. The number of thioether (sulfide) groups is 1. The summed E-state index contributed by atoms with van der Waals surface area (Å²) < 4.78 is 0. The lowest BCUT2D eigenvalue weighted by atomic mass is 9.83. The number of carbonyl (C=O) groups is 1. The van der Waals surface area contributed by atoms with E-state index in [1.807, 2.05) is 37.3 Å². The second kappa shape index (κ2) is 8.37. The summed E-state index contributed by atoms with van der Waals surface area (Å²) in [5.74, 6) is 0.344. The molecule has 0 unspecified atom stereocenters. The third-order valence-electron chi connectivity index (χ3n) is 4.34. The fourth-order valence-electron chi connectivity index (χ4n) is 2.84. The van der Waals surface area contributed by atoms with Gasteiger partial charge in [0.2, 0.25) is 5.91 Å². The van der Waals surface area contributed by atoms with E-state index in [-0.39, 0.29) is 11.2 Å². The molecular formula is C18H24N2O2S. The van der Waals surface area contributed by atoms with Crippen LogP contribution >= 0.6 is 11.8 Å². The highest BCUT2D eigenvalue weighted by atomic mass is 32.2. The molecular weight excluding hydrogens is 308 g/mol. The Kier molecular flexibility index (Phi) is 6.49. The summed E-state index contributed by atoms with van der Waals surface area (Å²) in [6.07, 6.45) is 3.99. The highest BCUT2D eigenvalue weighted by molar-refractivity contribution is 8.00. The normalized spacial score (nSPS) is 19.3. The highest BCUT2D eigenvalue weighted by Gasteiger charge is 2.34. The molecule has 1 saturated carbocycles. The lowest BCUT2D eigenvalue weighted by molar-refractivity contribution is -0.121. The van der Waals surface area contributed by atoms with Gasteiger partial charge in [-0.2, -0.15) is 5.26 Å². The number of nitrogens with zero attached hydrogens (tertiary/aromatic N) is 1. The summed E-state index contributed by atoms with van der Waals surface area (Å²) in [5, 5.41) is 22.2. The molecule has 4 nitrogen and oxygen atoms in total. The number of carbonyl (C=O) groups excluding carboxylic acids is 1. The van der Waals surface area contributed by atoms with Gasteiger partial charge in [-0.15, -0.1) is 11.8 Å². The van der Waals surface area contributed by atoms with Crippen molar-refractivity contribution in [1.29, 1.82) is 5.26 Å². The monoisotopic (exact) mass is 332 g/mol. The number of amides is 1. The molecule has 23 heavy (non-hydrogen) atoms. The maximum absolute atomic E-state index is 12.4. The number of aliphatic hydroxyl groups is 1. The van der Waals surface area contributed by atoms with Gasteiger partial charge >= 0.3 is 0 Å². The van der Waals surface area contributed by atoms with Crippen molar-refractivity contribution in [2.45, 2.75) is 55.9 Å². The molecule has 2 N–H and O–H groups in total. The maximum atomic E-state index is 12.4. The van der Waals surface area contributed by atoms with Crippen molar-refractivity contribution in [3.63, 3.8) is 0 Å². The van der Waals surface area contributed by atoms with E-state index in [9.17, 15) is 15.2 Å². The third-order valence-corrected chi connectivity index (χ3v) is 5.56. The Morgan fingerprint density at radius 1 is 1.35 bits per heavy atom. The Labute approximate surface area is 142 Å². The maximum Gasteiger partial charge on any atom is 0.234 e. The van der Waals surface area contributed by atoms with E-state index in [0.29, 0.717) is 5.75 Å². The fourth-order valence-corrected chi connectivity index (χ4v) is 3.71. The molecule has 1 amide bonds. The topological polar surface area (TPSA) is 73.1 Å². The first kappa shape index (κ1) is 17.8. The number of hydrogen-bond acceptors (Lipinski definition) is 4. The SMILES string of the molecule is C[C@H](SC[C@H](O)c1ccccc1)C(=O)NC1(C#N)CCCCC1. The zero-order chi connectivity index (χ0) is 16.7. The number of benzene rings is 1. The molecule has 2 rings (SSSR count). The van der Waals surface area contributed by atoms with Gasteiger partial charge in [0.25, 0.3) is 0 Å². The van der Waals surface area contributed by atoms with E-state index in [2.05, 4.69) is 11.4 Å². The zero-order valence-electron chi connectivity index (χ0n) is 13.5. The predicted molar refractivity (Wildman–Crippen MR) is 92.9 cm³/mol. The average molecular weight is 332 g/mol. The van der Waals surface area contributed by atoms with Gasteiger partial charge in [-0.3, -0.25) is 4.79 Å². The average Bonchev–Trinajstić information content (AvgIpc) is 2.60. The van der Waals surface area contributed by atoms with Crippen molar-refractivity contribution >= 4 is 17.7 Å². The van der Waals surface area contributed by atoms with Crippen LogP contribution in [0.15, 0.2) is 30.3 Å².